The lowest BCUT2D eigenvalue weighted by atomic mass is 10.1. The average Bonchev–Trinajstić information content (AvgIpc) is 2.73. The molecule has 1 saturated heterocycles. The van der Waals surface area contributed by atoms with E-state index >= 15 is 0 Å². The van der Waals surface area contributed by atoms with Gasteiger partial charge < -0.3 is 10.2 Å². The van der Waals surface area contributed by atoms with Crippen molar-refractivity contribution in [3.8, 4) is 0 Å². The summed E-state index contributed by atoms with van der Waals surface area (Å²) < 4.78 is 0. The third-order valence-corrected chi connectivity index (χ3v) is 3.56. The minimum atomic E-state index is -0.408. The van der Waals surface area contributed by atoms with Gasteiger partial charge in [0.05, 0.1) is 9.95 Å². The lowest BCUT2D eigenvalue weighted by molar-refractivity contribution is -0.383. The number of likely N-dealkylation sites (tertiary alicyclic amines) is 1. The normalized spacial score (nSPS) is 20.0. The van der Waals surface area contributed by atoms with Crippen molar-refractivity contribution >= 4 is 23.0 Å². The molecular formula is C12H16ClN3O2. The van der Waals surface area contributed by atoms with E-state index in [9.17, 15) is 10.1 Å². The fourth-order valence-electron chi connectivity index (χ4n) is 2.28. The van der Waals surface area contributed by atoms with Crippen molar-refractivity contribution in [1.29, 1.82) is 0 Å². The Kier molecular flexibility index (Phi) is 4.04. The highest BCUT2D eigenvalue weighted by atomic mass is 35.5. The fraction of sp³-hybridized carbons (Fsp3) is 0.500. The molecule has 1 aliphatic heterocycles. The van der Waals surface area contributed by atoms with Crippen LogP contribution in [0.1, 0.15) is 6.42 Å². The number of hydrogen-bond donors (Lipinski definition) is 1. The fourth-order valence-corrected chi connectivity index (χ4v) is 2.52. The first-order chi connectivity index (χ1) is 8.58. The van der Waals surface area contributed by atoms with Crippen LogP contribution in [-0.4, -0.2) is 36.5 Å². The zero-order valence-electron chi connectivity index (χ0n) is 10.2. The molecule has 1 aromatic rings. The summed E-state index contributed by atoms with van der Waals surface area (Å²) in [7, 11) is 2.08. The van der Waals surface area contributed by atoms with E-state index in [1.54, 1.807) is 12.1 Å². The third kappa shape index (κ3) is 2.91. The third-order valence-electron chi connectivity index (χ3n) is 3.24. The Morgan fingerprint density at radius 3 is 3.00 bits per heavy atom. The predicted octanol–water partition coefficient (Wildman–Crippen LogP) is 2.61. The number of nitrogens with one attached hydrogen (secondary N) is 1. The van der Waals surface area contributed by atoms with E-state index in [-0.39, 0.29) is 5.69 Å². The van der Waals surface area contributed by atoms with Crippen molar-refractivity contribution in [2.45, 2.75) is 6.42 Å². The number of halogens is 1. The molecule has 98 valence electrons. The Balaban J connectivity index is 2.06. The number of nitrogens with zero attached hydrogens (tertiary/aromatic N) is 2. The number of rotatable bonds is 4. The van der Waals surface area contributed by atoms with Gasteiger partial charge in [-0.05, 0) is 32.0 Å². The van der Waals surface area contributed by atoms with Crippen LogP contribution in [0.2, 0.25) is 5.02 Å². The van der Waals surface area contributed by atoms with Crippen LogP contribution < -0.4 is 5.32 Å². The van der Waals surface area contributed by atoms with Gasteiger partial charge in [-0.15, -0.1) is 0 Å². The zero-order valence-corrected chi connectivity index (χ0v) is 11.0. The molecule has 0 bridgehead atoms. The van der Waals surface area contributed by atoms with Gasteiger partial charge in [-0.3, -0.25) is 10.1 Å². The maximum atomic E-state index is 10.9. The summed E-state index contributed by atoms with van der Waals surface area (Å²) in [6, 6.07) is 4.72. The van der Waals surface area contributed by atoms with Gasteiger partial charge in [-0.1, -0.05) is 17.7 Å². The molecule has 0 radical (unpaired) electrons. The molecule has 1 unspecified atom stereocenters. The molecule has 0 aliphatic carbocycles. The Morgan fingerprint density at radius 1 is 1.61 bits per heavy atom. The maximum Gasteiger partial charge on any atom is 0.293 e. The van der Waals surface area contributed by atoms with E-state index < -0.39 is 4.92 Å². The molecule has 1 aliphatic rings. The van der Waals surface area contributed by atoms with Gasteiger partial charge in [-0.25, -0.2) is 0 Å². The molecule has 0 saturated carbocycles. The first kappa shape index (κ1) is 13.1. The zero-order chi connectivity index (χ0) is 13.1. The second kappa shape index (κ2) is 5.54. The van der Waals surface area contributed by atoms with Gasteiger partial charge in [0.1, 0.15) is 5.69 Å². The molecule has 0 aromatic heterocycles. The van der Waals surface area contributed by atoms with Gasteiger partial charge >= 0.3 is 0 Å². The molecule has 1 atom stereocenters. The molecule has 6 heteroatoms. The lowest BCUT2D eigenvalue weighted by Gasteiger charge is -2.13. The maximum absolute atomic E-state index is 10.9. The molecule has 0 amide bonds. The number of nitro groups is 1. The van der Waals surface area contributed by atoms with Crippen LogP contribution in [0.3, 0.4) is 0 Å². The summed E-state index contributed by atoms with van der Waals surface area (Å²) >= 11 is 6.01. The smallest absolute Gasteiger partial charge is 0.293 e. The predicted molar refractivity (Wildman–Crippen MR) is 72.2 cm³/mol. The Morgan fingerprint density at radius 2 is 2.39 bits per heavy atom. The van der Waals surface area contributed by atoms with E-state index in [0.717, 1.165) is 26.1 Å². The second-order valence-electron chi connectivity index (χ2n) is 4.69. The number of hydrogen-bond acceptors (Lipinski definition) is 4. The molecule has 0 spiro atoms. The Labute approximate surface area is 111 Å². The van der Waals surface area contributed by atoms with Gasteiger partial charge in [0.15, 0.2) is 0 Å². The van der Waals surface area contributed by atoms with Crippen LogP contribution in [0, 0.1) is 16.0 Å². The first-order valence-corrected chi connectivity index (χ1v) is 6.31. The summed E-state index contributed by atoms with van der Waals surface area (Å²) in [6.07, 6.45) is 1.11. The van der Waals surface area contributed by atoms with Gasteiger partial charge in [0, 0.05) is 19.2 Å². The quantitative estimate of drug-likeness (QED) is 0.674. The summed E-state index contributed by atoms with van der Waals surface area (Å²) in [5, 5.41) is 14.4. The Hall–Kier alpha value is -1.33. The summed E-state index contributed by atoms with van der Waals surface area (Å²) in [5.74, 6) is 0.519. The minimum Gasteiger partial charge on any atom is -0.378 e. The molecule has 2 rings (SSSR count). The van der Waals surface area contributed by atoms with Crippen molar-refractivity contribution in [2.75, 3.05) is 32.0 Å². The van der Waals surface area contributed by atoms with E-state index in [0.29, 0.717) is 16.6 Å². The van der Waals surface area contributed by atoms with Crippen LogP contribution in [-0.2, 0) is 0 Å². The van der Waals surface area contributed by atoms with E-state index in [1.165, 1.54) is 6.07 Å². The van der Waals surface area contributed by atoms with Crippen molar-refractivity contribution < 1.29 is 4.92 Å². The van der Waals surface area contributed by atoms with Crippen LogP contribution in [0.5, 0.6) is 0 Å². The van der Waals surface area contributed by atoms with Crippen molar-refractivity contribution in [3.05, 3.63) is 33.3 Å². The van der Waals surface area contributed by atoms with Gasteiger partial charge in [0.25, 0.3) is 5.69 Å². The monoisotopic (exact) mass is 269 g/mol. The molecule has 1 heterocycles. The molecular weight excluding hydrogens is 254 g/mol. The summed E-state index contributed by atoms with van der Waals surface area (Å²) in [6.45, 7) is 2.82. The van der Waals surface area contributed by atoms with Crippen LogP contribution in [0.15, 0.2) is 18.2 Å². The van der Waals surface area contributed by atoms with Crippen LogP contribution in [0.4, 0.5) is 11.4 Å². The first-order valence-electron chi connectivity index (χ1n) is 5.93. The minimum absolute atomic E-state index is 0.0360. The van der Waals surface area contributed by atoms with Crippen LogP contribution in [0.25, 0.3) is 0 Å². The standard InChI is InChI=1S/C12H16ClN3O2/c1-15-6-5-9(8-15)7-14-12-10(13)3-2-4-11(12)16(17)18/h2-4,9,14H,5-8H2,1H3. The molecule has 18 heavy (non-hydrogen) atoms. The SMILES string of the molecule is CN1CCC(CNc2c(Cl)cccc2[N+](=O)[O-])C1. The van der Waals surface area contributed by atoms with Crippen LogP contribution >= 0.6 is 11.6 Å². The second-order valence-corrected chi connectivity index (χ2v) is 5.10. The lowest BCUT2D eigenvalue weighted by Crippen LogP contribution is -2.19. The topological polar surface area (TPSA) is 58.4 Å². The summed E-state index contributed by atoms with van der Waals surface area (Å²) in [4.78, 5) is 12.8. The van der Waals surface area contributed by atoms with Crippen molar-refractivity contribution in [1.82, 2.24) is 4.90 Å². The van der Waals surface area contributed by atoms with Crippen molar-refractivity contribution in [2.24, 2.45) is 5.92 Å². The number of benzene rings is 1. The highest BCUT2D eigenvalue weighted by molar-refractivity contribution is 6.33. The molecule has 1 aromatic carbocycles. The highest BCUT2D eigenvalue weighted by Crippen LogP contribution is 2.32. The average molecular weight is 270 g/mol. The van der Waals surface area contributed by atoms with E-state index in [1.807, 2.05) is 0 Å². The number of anilines is 1. The van der Waals surface area contributed by atoms with E-state index in [2.05, 4.69) is 17.3 Å². The Bertz CT molecular complexity index is 453. The van der Waals surface area contributed by atoms with Gasteiger partial charge in [-0.2, -0.15) is 0 Å². The number of para-hydroxylation sites is 1. The number of nitro benzene ring substituents is 1. The van der Waals surface area contributed by atoms with Gasteiger partial charge in [0.2, 0.25) is 0 Å². The highest BCUT2D eigenvalue weighted by Gasteiger charge is 2.21. The largest absolute Gasteiger partial charge is 0.378 e. The summed E-state index contributed by atoms with van der Waals surface area (Å²) in [5.41, 5.74) is 0.465. The molecule has 5 nitrogen and oxygen atoms in total. The molecule has 1 fully saturated rings. The van der Waals surface area contributed by atoms with Crippen molar-refractivity contribution in [3.63, 3.8) is 0 Å². The van der Waals surface area contributed by atoms with E-state index in [4.69, 9.17) is 11.6 Å². The molecule has 1 N–H and O–H groups in total.